The first kappa shape index (κ1) is 19.3. The smallest absolute Gasteiger partial charge is 0.312 e. The minimum absolute atomic E-state index is 0.0361. The number of carboxylic acids is 1. The number of benzene rings is 2. The van der Waals surface area contributed by atoms with Gasteiger partial charge in [-0.25, -0.2) is 0 Å². The fraction of sp³-hybridized carbons (Fsp3) is 0.300. The van der Waals surface area contributed by atoms with Gasteiger partial charge >= 0.3 is 5.97 Å². The number of carbonyl (C=O) groups is 2. The van der Waals surface area contributed by atoms with E-state index >= 15 is 0 Å². The summed E-state index contributed by atoms with van der Waals surface area (Å²) in [5.41, 5.74) is 1.07. The van der Waals surface area contributed by atoms with Crippen LogP contribution in [0.3, 0.4) is 0 Å². The molecular weight excluding hydrogens is 334 g/mol. The van der Waals surface area contributed by atoms with Gasteiger partial charge in [-0.3, -0.25) is 9.59 Å². The van der Waals surface area contributed by atoms with Crippen molar-refractivity contribution in [1.29, 1.82) is 0 Å². The number of nitrogens with one attached hydrogen (secondary N) is 1. The van der Waals surface area contributed by atoms with Crippen LogP contribution in [0.2, 0.25) is 0 Å². The van der Waals surface area contributed by atoms with E-state index in [4.69, 9.17) is 14.6 Å². The Labute approximate surface area is 152 Å². The molecule has 0 aromatic heterocycles. The van der Waals surface area contributed by atoms with E-state index in [1.807, 2.05) is 19.1 Å². The summed E-state index contributed by atoms with van der Waals surface area (Å²) in [6, 6.07) is 12.1. The number of carboxylic acid groups (broad SMARTS) is 1. The Morgan fingerprint density at radius 3 is 2.35 bits per heavy atom. The first-order valence-corrected chi connectivity index (χ1v) is 8.15. The number of carbonyl (C=O) groups excluding carboxylic acids is 1. The number of hydrogen-bond donors (Lipinski definition) is 2. The molecule has 2 aromatic rings. The first-order chi connectivity index (χ1) is 12.2. The number of methoxy groups -OCH3 is 1. The molecule has 0 fully saturated rings. The number of aliphatic carboxylic acids is 1. The number of amides is 1. The molecule has 1 amide bonds. The third-order valence-corrected chi connectivity index (χ3v) is 3.90. The van der Waals surface area contributed by atoms with E-state index in [0.29, 0.717) is 22.7 Å². The second kappa shape index (κ2) is 7.91. The summed E-state index contributed by atoms with van der Waals surface area (Å²) in [6.45, 7) is 5.15. The lowest BCUT2D eigenvalue weighted by atomic mass is 9.95. The van der Waals surface area contributed by atoms with Crippen LogP contribution in [0.4, 0.5) is 5.69 Å². The SMILES string of the molecule is COc1ccc(C)cc1NC(=O)c1ccc(OCC(C)(C)C(=O)O)cc1. The molecule has 0 spiro atoms. The van der Waals surface area contributed by atoms with Gasteiger partial charge in [0.05, 0.1) is 18.2 Å². The van der Waals surface area contributed by atoms with Crippen LogP contribution in [0, 0.1) is 12.3 Å². The summed E-state index contributed by atoms with van der Waals surface area (Å²) in [5.74, 6) is -0.115. The van der Waals surface area contributed by atoms with E-state index in [-0.39, 0.29) is 12.5 Å². The van der Waals surface area contributed by atoms with Crippen molar-refractivity contribution in [2.45, 2.75) is 20.8 Å². The molecule has 0 saturated heterocycles. The number of ether oxygens (including phenoxy) is 2. The molecule has 26 heavy (non-hydrogen) atoms. The summed E-state index contributed by atoms with van der Waals surface area (Å²) in [6.07, 6.45) is 0. The highest BCUT2D eigenvalue weighted by Gasteiger charge is 2.28. The van der Waals surface area contributed by atoms with Gasteiger partial charge in [-0.05, 0) is 62.7 Å². The molecular formula is C20H23NO5. The number of anilines is 1. The zero-order valence-corrected chi connectivity index (χ0v) is 15.3. The van der Waals surface area contributed by atoms with Gasteiger partial charge in [-0.2, -0.15) is 0 Å². The van der Waals surface area contributed by atoms with Crippen LogP contribution >= 0.6 is 0 Å². The van der Waals surface area contributed by atoms with E-state index in [2.05, 4.69) is 5.32 Å². The summed E-state index contributed by atoms with van der Waals surface area (Å²) in [7, 11) is 1.55. The van der Waals surface area contributed by atoms with Crippen LogP contribution in [0.5, 0.6) is 11.5 Å². The third kappa shape index (κ3) is 4.75. The molecule has 0 aliphatic carbocycles. The maximum atomic E-state index is 12.4. The van der Waals surface area contributed by atoms with Crippen molar-refractivity contribution < 1.29 is 24.2 Å². The van der Waals surface area contributed by atoms with Gasteiger partial charge in [0.1, 0.15) is 18.1 Å². The summed E-state index contributed by atoms with van der Waals surface area (Å²) < 4.78 is 10.8. The van der Waals surface area contributed by atoms with Gasteiger partial charge in [-0.1, -0.05) is 6.07 Å². The fourth-order valence-corrected chi connectivity index (χ4v) is 2.14. The molecule has 0 aliphatic rings. The number of aryl methyl sites for hydroxylation is 1. The summed E-state index contributed by atoms with van der Waals surface area (Å²) >= 11 is 0. The Bertz CT molecular complexity index is 796. The lowest BCUT2D eigenvalue weighted by Crippen LogP contribution is -2.30. The monoisotopic (exact) mass is 357 g/mol. The quantitative estimate of drug-likeness (QED) is 0.788. The van der Waals surface area contributed by atoms with E-state index in [0.717, 1.165) is 5.56 Å². The van der Waals surface area contributed by atoms with Gasteiger partial charge < -0.3 is 19.9 Å². The van der Waals surface area contributed by atoms with Crippen LogP contribution in [-0.4, -0.2) is 30.7 Å². The lowest BCUT2D eigenvalue weighted by Gasteiger charge is -2.19. The third-order valence-electron chi connectivity index (χ3n) is 3.90. The Morgan fingerprint density at radius 1 is 1.12 bits per heavy atom. The largest absolute Gasteiger partial charge is 0.495 e. The Hall–Kier alpha value is -3.02. The molecule has 2 rings (SSSR count). The molecule has 0 aliphatic heterocycles. The van der Waals surface area contributed by atoms with Gasteiger partial charge in [0.2, 0.25) is 0 Å². The van der Waals surface area contributed by atoms with Crippen LogP contribution in [0.1, 0.15) is 29.8 Å². The molecule has 0 unspecified atom stereocenters. The zero-order chi connectivity index (χ0) is 19.3. The van der Waals surface area contributed by atoms with Crippen LogP contribution in [0.25, 0.3) is 0 Å². The first-order valence-electron chi connectivity index (χ1n) is 8.15. The molecule has 6 heteroatoms. The van der Waals surface area contributed by atoms with Crippen molar-refractivity contribution in [3.8, 4) is 11.5 Å². The van der Waals surface area contributed by atoms with E-state index < -0.39 is 11.4 Å². The van der Waals surface area contributed by atoms with Crippen molar-refractivity contribution in [3.05, 3.63) is 53.6 Å². The molecule has 2 aromatic carbocycles. The topological polar surface area (TPSA) is 84.9 Å². The highest BCUT2D eigenvalue weighted by atomic mass is 16.5. The Balaban J connectivity index is 2.05. The van der Waals surface area contributed by atoms with Crippen LogP contribution in [-0.2, 0) is 4.79 Å². The molecule has 0 radical (unpaired) electrons. The van der Waals surface area contributed by atoms with Crippen molar-refractivity contribution in [2.75, 3.05) is 19.0 Å². The number of hydrogen-bond acceptors (Lipinski definition) is 4. The average molecular weight is 357 g/mol. The van der Waals surface area contributed by atoms with E-state index in [9.17, 15) is 9.59 Å². The normalized spacial score (nSPS) is 10.9. The summed E-state index contributed by atoms with van der Waals surface area (Å²) in [5, 5.41) is 11.9. The molecule has 6 nitrogen and oxygen atoms in total. The average Bonchev–Trinajstić information content (AvgIpc) is 2.60. The Morgan fingerprint density at radius 2 is 1.77 bits per heavy atom. The van der Waals surface area contributed by atoms with Crippen molar-refractivity contribution in [3.63, 3.8) is 0 Å². The second-order valence-corrected chi connectivity index (χ2v) is 6.66. The molecule has 0 bridgehead atoms. The molecule has 2 N–H and O–H groups in total. The van der Waals surface area contributed by atoms with E-state index in [1.165, 1.54) is 0 Å². The number of rotatable bonds is 7. The molecule has 0 saturated carbocycles. The minimum Gasteiger partial charge on any atom is -0.495 e. The van der Waals surface area contributed by atoms with Crippen molar-refractivity contribution >= 4 is 17.6 Å². The maximum Gasteiger partial charge on any atom is 0.312 e. The van der Waals surface area contributed by atoms with Gasteiger partial charge in [0.25, 0.3) is 5.91 Å². The molecule has 0 atom stereocenters. The van der Waals surface area contributed by atoms with E-state index in [1.54, 1.807) is 51.3 Å². The summed E-state index contributed by atoms with van der Waals surface area (Å²) in [4.78, 5) is 23.5. The predicted octanol–water partition coefficient (Wildman–Crippen LogP) is 3.75. The Kier molecular flexibility index (Phi) is 5.87. The van der Waals surface area contributed by atoms with Gasteiger partial charge in [0, 0.05) is 5.56 Å². The second-order valence-electron chi connectivity index (χ2n) is 6.66. The fourth-order valence-electron chi connectivity index (χ4n) is 2.14. The predicted molar refractivity (Wildman–Crippen MR) is 99.0 cm³/mol. The van der Waals surface area contributed by atoms with Crippen molar-refractivity contribution in [2.24, 2.45) is 5.41 Å². The highest BCUT2D eigenvalue weighted by molar-refractivity contribution is 6.05. The lowest BCUT2D eigenvalue weighted by molar-refractivity contribution is -0.148. The highest BCUT2D eigenvalue weighted by Crippen LogP contribution is 2.26. The van der Waals surface area contributed by atoms with Gasteiger partial charge in [-0.15, -0.1) is 0 Å². The minimum atomic E-state index is -0.988. The zero-order valence-electron chi connectivity index (χ0n) is 15.3. The van der Waals surface area contributed by atoms with Gasteiger partial charge in [0.15, 0.2) is 0 Å². The maximum absolute atomic E-state index is 12.4. The van der Waals surface area contributed by atoms with Crippen LogP contribution < -0.4 is 14.8 Å². The molecule has 138 valence electrons. The molecule has 0 heterocycles. The van der Waals surface area contributed by atoms with Crippen molar-refractivity contribution in [1.82, 2.24) is 0 Å². The standard InChI is InChI=1S/C20H23NO5/c1-13-5-10-17(25-4)16(11-13)21-18(22)14-6-8-15(9-7-14)26-12-20(2,3)19(23)24/h5-11H,12H2,1-4H3,(H,21,22)(H,23,24). The van der Waals surface area contributed by atoms with Crippen LogP contribution in [0.15, 0.2) is 42.5 Å².